The van der Waals surface area contributed by atoms with Gasteiger partial charge in [0.25, 0.3) is 15.9 Å². The number of aryl methyl sites for hydroxylation is 1. The lowest BCUT2D eigenvalue weighted by Crippen LogP contribution is -2.39. The second-order valence-corrected chi connectivity index (χ2v) is 10.1. The van der Waals surface area contributed by atoms with Gasteiger partial charge in [-0.1, -0.05) is 48.5 Å². The molecule has 0 spiro atoms. The number of hydrogen-bond donors (Lipinski definition) is 1. The van der Waals surface area contributed by atoms with Crippen molar-refractivity contribution in [2.75, 3.05) is 22.8 Å². The van der Waals surface area contributed by atoms with Gasteiger partial charge in [-0.3, -0.25) is 9.52 Å². The summed E-state index contributed by atoms with van der Waals surface area (Å²) in [5.41, 5.74) is 2.31. The van der Waals surface area contributed by atoms with E-state index in [1.165, 1.54) is 0 Å². The predicted molar refractivity (Wildman–Crippen MR) is 139 cm³/mol. The number of nitrogens with zero attached hydrogens (tertiary/aromatic N) is 2. The van der Waals surface area contributed by atoms with Crippen molar-refractivity contribution in [2.24, 2.45) is 0 Å². The largest absolute Gasteiger partial charge is 0.484 e. The number of ether oxygens (including phenoxy) is 1. The average molecular weight is 498 g/mol. The van der Waals surface area contributed by atoms with Gasteiger partial charge in [0.2, 0.25) is 0 Å². The normalized spacial score (nSPS) is 13.0. The van der Waals surface area contributed by atoms with Crippen molar-refractivity contribution in [1.82, 2.24) is 0 Å². The molecule has 0 aliphatic carbocycles. The maximum Gasteiger partial charge on any atom is 0.264 e. The van der Waals surface area contributed by atoms with Crippen LogP contribution in [-0.4, -0.2) is 27.5 Å². The Bertz CT molecular complexity index is 1590. The van der Waals surface area contributed by atoms with Crippen molar-refractivity contribution in [2.45, 2.75) is 17.7 Å². The highest BCUT2D eigenvalue weighted by Crippen LogP contribution is 2.36. The Morgan fingerprint density at radius 3 is 2.53 bits per heavy atom. The minimum Gasteiger partial charge on any atom is -0.484 e. The molecule has 4 aromatic carbocycles. The van der Waals surface area contributed by atoms with Crippen LogP contribution in [-0.2, 0) is 21.2 Å². The van der Waals surface area contributed by atoms with E-state index < -0.39 is 10.0 Å². The van der Waals surface area contributed by atoms with E-state index in [0.717, 1.165) is 23.8 Å². The molecule has 1 amide bonds. The third-order valence-corrected chi connectivity index (χ3v) is 7.57. The highest BCUT2D eigenvalue weighted by Gasteiger charge is 2.28. The summed E-state index contributed by atoms with van der Waals surface area (Å²) in [7, 11) is -3.93. The summed E-state index contributed by atoms with van der Waals surface area (Å²) in [5.74, 6) is 0.196. The first-order chi connectivity index (χ1) is 17.5. The first-order valence-electron chi connectivity index (χ1n) is 11.5. The van der Waals surface area contributed by atoms with E-state index in [-0.39, 0.29) is 17.4 Å². The predicted octanol–water partition coefficient (Wildman–Crippen LogP) is 4.87. The van der Waals surface area contributed by atoms with Crippen LogP contribution in [0, 0.1) is 11.3 Å². The second-order valence-electron chi connectivity index (χ2n) is 8.47. The van der Waals surface area contributed by atoms with Gasteiger partial charge in [0.1, 0.15) is 5.75 Å². The fourth-order valence-electron chi connectivity index (χ4n) is 4.46. The molecule has 1 aliphatic rings. The lowest BCUT2D eigenvalue weighted by atomic mass is 10.0. The Hall–Kier alpha value is -4.35. The molecular weight excluding hydrogens is 474 g/mol. The fourth-order valence-corrected chi connectivity index (χ4v) is 5.76. The molecule has 4 aromatic rings. The van der Waals surface area contributed by atoms with Crippen LogP contribution in [0.25, 0.3) is 10.8 Å². The smallest absolute Gasteiger partial charge is 0.264 e. The first kappa shape index (κ1) is 23.4. The summed E-state index contributed by atoms with van der Waals surface area (Å²) in [6.07, 6.45) is 1.49. The van der Waals surface area contributed by atoms with Crippen molar-refractivity contribution in [1.29, 1.82) is 5.26 Å². The number of nitriles is 1. The zero-order chi connectivity index (χ0) is 25.1. The van der Waals surface area contributed by atoms with Gasteiger partial charge >= 0.3 is 0 Å². The van der Waals surface area contributed by atoms with Crippen molar-refractivity contribution in [3.8, 4) is 11.8 Å². The Morgan fingerprint density at radius 1 is 0.972 bits per heavy atom. The van der Waals surface area contributed by atoms with E-state index in [1.807, 2.05) is 30.3 Å². The minimum absolute atomic E-state index is 0.177. The minimum atomic E-state index is -3.93. The summed E-state index contributed by atoms with van der Waals surface area (Å²) in [5, 5.41) is 10.4. The molecule has 0 radical (unpaired) electrons. The number of amides is 1. The van der Waals surface area contributed by atoms with Crippen molar-refractivity contribution < 1.29 is 17.9 Å². The third-order valence-electron chi connectivity index (χ3n) is 6.15. The quantitative estimate of drug-likeness (QED) is 0.410. The molecule has 0 fully saturated rings. The van der Waals surface area contributed by atoms with Gasteiger partial charge in [-0.2, -0.15) is 5.26 Å². The highest BCUT2D eigenvalue weighted by atomic mass is 32.2. The van der Waals surface area contributed by atoms with Crippen molar-refractivity contribution in [3.05, 3.63) is 96.1 Å². The maximum atomic E-state index is 13.5. The molecule has 0 saturated carbocycles. The number of anilines is 2. The van der Waals surface area contributed by atoms with Crippen LogP contribution in [0.4, 0.5) is 11.4 Å². The van der Waals surface area contributed by atoms with Crippen LogP contribution in [0.3, 0.4) is 0 Å². The van der Waals surface area contributed by atoms with Crippen LogP contribution in [0.5, 0.6) is 5.75 Å². The molecule has 0 unspecified atom stereocenters. The van der Waals surface area contributed by atoms with Gasteiger partial charge in [-0.15, -0.1) is 0 Å². The Balaban J connectivity index is 1.43. The summed E-state index contributed by atoms with van der Waals surface area (Å²) >= 11 is 0. The molecule has 1 heterocycles. The SMILES string of the molecule is N#Cc1ccc(OCC(=O)N2CCCc3cccc(NS(=O)(=O)c4cccc5ccccc45)c32)cc1. The standard InChI is InChI=1S/C28H23N3O4S/c29-18-20-13-15-23(16-14-20)35-19-27(32)31-17-5-9-22-8-3-11-25(28(22)31)30-36(33,34)26-12-4-7-21-6-1-2-10-24(21)26/h1-4,6-8,10-16,30H,5,9,17,19H2. The number of carbonyl (C=O) groups excluding carboxylic acids is 1. The molecule has 180 valence electrons. The molecule has 0 aromatic heterocycles. The number of rotatable bonds is 6. The Kier molecular flexibility index (Phi) is 6.32. The number of nitrogens with one attached hydrogen (secondary N) is 1. The fraction of sp³-hybridized carbons (Fsp3) is 0.143. The van der Waals surface area contributed by atoms with Crippen LogP contribution < -0.4 is 14.4 Å². The van der Waals surface area contributed by atoms with Crippen LogP contribution in [0.15, 0.2) is 89.8 Å². The van der Waals surface area contributed by atoms with Crippen molar-refractivity contribution >= 4 is 38.1 Å². The van der Waals surface area contributed by atoms with Gasteiger partial charge in [-0.25, -0.2) is 8.42 Å². The molecule has 5 rings (SSSR count). The first-order valence-corrected chi connectivity index (χ1v) is 13.0. The average Bonchev–Trinajstić information content (AvgIpc) is 2.91. The topological polar surface area (TPSA) is 99.5 Å². The number of para-hydroxylation sites is 1. The molecule has 1 N–H and O–H groups in total. The van der Waals surface area contributed by atoms with Crippen LogP contribution in [0.2, 0.25) is 0 Å². The van der Waals surface area contributed by atoms with E-state index >= 15 is 0 Å². The highest BCUT2D eigenvalue weighted by molar-refractivity contribution is 7.93. The number of sulfonamides is 1. The molecule has 0 atom stereocenters. The zero-order valence-electron chi connectivity index (χ0n) is 19.3. The van der Waals surface area contributed by atoms with Crippen molar-refractivity contribution in [3.63, 3.8) is 0 Å². The molecule has 0 saturated heterocycles. The van der Waals surface area contributed by atoms with Crippen LogP contribution >= 0.6 is 0 Å². The number of fused-ring (bicyclic) bond motifs is 2. The van der Waals surface area contributed by atoms with Gasteiger partial charge in [0.05, 0.1) is 27.9 Å². The van der Waals surface area contributed by atoms with E-state index in [2.05, 4.69) is 4.72 Å². The van der Waals surface area contributed by atoms with Gasteiger partial charge in [0, 0.05) is 11.9 Å². The van der Waals surface area contributed by atoms with Crippen LogP contribution in [0.1, 0.15) is 17.5 Å². The molecule has 7 nitrogen and oxygen atoms in total. The third kappa shape index (κ3) is 4.61. The Morgan fingerprint density at radius 2 is 1.72 bits per heavy atom. The summed E-state index contributed by atoms with van der Waals surface area (Å²) < 4.78 is 35.3. The lowest BCUT2D eigenvalue weighted by Gasteiger charge is -2.31. The maximum absolute atomic E-state index is 13.5. The lowest BCUT2D eigenvalue weighted by molar-refractivity contribution is -0.120. The zero-order valence-corrected chi connectivity index (χ0v) is 20.2. The molecule has 0 bridgehead atoms. The van der Waals surface area contributed by atoms with Gasteiger partial charge in [-0.05, 0) is 60.2 Å². The van der Waals surface area contributed by atoms with E-state index in [9.17, 15) is 13.2 Å². The molecule has 8 heteroatoms. The number of benzene rings is 4. The summed E-state index contributed by atoms with van der Waals surface area (Å²) in [6, 6.07) is 26.4. The number of hydrogen-bond acceptors (Lipinski definition) is 5. The summed E-state index contributed by atoms with van der Waals surface area (Å²) in [6.45, 7) is 0.241. The monoisotopic (exact) mass is 497 g/mol. The van der Waals surface area contributed by atoms with E-state index in [1.54, 1.807) is 65.6 Å². The van der Waals surface area contributed by atoms with Gasteiger partial charge < -0.3 is 9.64 Å². The second kappa shape index (κ2) is 9.72. The molecular formula is C28H23N3O4S. The summed E-state index contributed by atoms with van der Waals surface area (Å²) in [4.78, 5) is 15.0. The Labute approximate surface area is 209 Å². The number of carbonyl (C=O) groups is 1. The van der Waals surface area contributed by atoms with E-state index in [4.69, 9.17) is 10.00 Å². The molecule has 1 aliphatic heterocycles. The van der Waals surface area contributed by atoms with Gasteiger partial charge in [0.15, 0.2) is 6.61 Å². The van der Waals surface area contributed by atoms with E-state index in [0.29, 0.717) is 34.6 Å². The molecule has 36 heavy (non-hydrogen) atoms.